The number of hydrogen-bond donors (Lipinski definition) is 0. The zero-order valence-electron chi connectivity index (χ0n) is 21.3. The zero-order valence-corrected chi connectivity index (χ0v) is 22.9. The number of pyridine rings is 1. The molecule has 6 rings (SSSR count). The number of rotatable bonds is 8. The average Bonchev–Trinajstić information content (AvgIpc) is 3.26. The van der Waals surface area contributed by atoms with E-state index in [0.717, 1.165) is 72.7 Å². The molecule has 39 heavy (non-hydrogen) atoms. The maximum absolute atomic E-state index is 14.2. The normalized spacial score (nSPS) is 17.5. The Morgan fingerprint density at radius 3 is 2.79 bits per heavy atom. The Hall–Kier alpha value is -3.58. The second kappa shape index (κ2) is 11.3. The SMILES string of the molecule is N#Cc1ccc(COc2cccc(C3=CCN(Cc4nc5ccc(Br)cc5n4C[C@@H]4CCO4)CC3)n2)c(F)c1. The van der Waals surface area contributed by atoms with Gasteiger partial charge in [0, 0.05) is 35.8 Å². The molecule has 0 unspecified atom stereocenters. The number of halogens is 2. The minimum Gasteiger partial charge on any atom is -0.473 e. The van der Waals surface area contributed by atoms with Crippen LogP contribution < -0.4 is 4.74 Å². The van der Waals surface area contributed by atoms with Gasteiger partial charge in [-0.2, -0.15) is 5.26 Å². The molecule has 1 fully saturated rings. The molecule has 0 aliphatic carbocycles. The highest BCUT2D eigenvalue weighted by Gasteiger charge is 2.23. The predicted octanol–water partition coefficient (Wildman–Crippen LogP) is 5.86. The van der Waals surface area contributed by atoms with E-state index in [1.807, 2.05) is 24.3 Å². The highest BCUT2D eigenvalue weighted by atomic mass is 79.9. The third kappa shape index (κ3) is 5.74. The van der Waals surface area contributed by atoms with E-state index < -0.39 is 5.82 Å². The van der Waals surface area contributed by atoms with Crippen molar-refractivity contribution in [2.24, 2.45) is 0 Å². The van der Waals surface area contributed by atoms with E-state index in [9.17, 15) is 4.39 Å². The van der Waals surface area contributed by atoms with Gasteiger partial charge in [-0.3, -0.25) is 4.90 Å². The highest BCUT2D eigenvalue weighted by Crippen LogP contribution is 2.27. The fraction of sp³-hybridized carbons (Fsp3) is 0.300. The number of fused-ring (bicyclic) bond motifs is 1. The molecule has 0 spiro atoms. The first-order chi connectivity index (χ1) is 19.1. The van der Waals surface area contributed by atoms with Crippen LogP contribution in [-0.2, 0) is 24.4 Å². The number of nitriles is 1. The van der Waals surface area contributed by atoms with Gasteiger partial charge >= 0.3 is 0 Å². The van der Waals surface area contributed by atoms with Crippen LogP contribution >= 0.6 is 15.9 Å². The van der Waals surface area contributed by atoms with E-state index in [2.05, 4.69) is 48.6 Å². The number of ether oxygens (including phenoxy) is 2. The lowest BCUT2D eigenvalue weighted by Gasteiger charge is -2.29. The summed E-state index contributed by atoms with van der Waals surface area (Å²) < 4.78 is 29.1. The summed E-state index contributed by atoms with van der Waals surface area (Å²) in [4.78, 5) is 12.0. The van der Waals surface area contributed by atoms with Gasteiger partial charge < -0.3 is 14.0 Å². The van der Waals surface area contributed by atoms with Crippen molar-refractivity contribution in [3.63, 3.8) is 0 Å². The largest absolute Gasteiger partial charge is 0.473 e. The van der Waals surface area contributed by atoms with E-state index in [-0.39, 0.29) is 18.3 Å². The van der Waals surface area contributed by atoms with Gasteiger partial charge in [-0.25, -0.2) is 14.4 Å². The molecule has 1 saturated heterocycles. The monoisotopic (exact) mass is 587 g/mol. The van der Waals surface area contributed by atoms with Crippen LogP contribution in [0.2, 0.25) is 0 Å². The van der Waals surface area contributed by atoms with E-state index in [0.29, 0.717) is 11.4 Å². The molecular weight excluding hydrogens is 561 g/mol. The van der Waals surface area contributed by atoms with Crippen LogP contribution in [0.1, 0.15) is 35.5 Å². The Bertz CT molecular complexity index is 1590. The first-order valence-corrected chi connectivity index (χ1v) is 13.8. The fourth-order valence-electron chi connectivity index (χ4n) is 4.95. The van der Waals surface area contributed by atoms with Crippen molar-refractivity contribution in [1.82, 2.24) is 19.4 Å². The topological polar surface area (TPSA) is 76.2 Å². The van der Waals surface area contributed by atoms with Gasteiger partial charge in [-0.1, -0.05) is 34.1 Å². The van der Waals surface area contributed by atoms with Crippen LogP contribution in [0, 0.1) is 17.1 Å². The van der Waals surface area contributed by atoms with Gasteiger partial charge in [0.05, 0.1) is 47.6 Å². The van der Waals surface area contributed by atoms with E-state index in [4.69, 9.17) is 19.7 Å². The third-order valence-corrected chi connectivity index (χ3v) is 7.73. The van der Waals surface area contributed by atoms with Crippen molar-refractivity contribution >= 4 is 32.5 Å². The molecule has 2 aliphatic heterocycles. The number of hydrogen-bond acceptors (Lipinski definition) is 6. The van der Waals surface area contributed by atoms with E-state index >= 15 is 0 Å². The molecule has 0 N–H and O–H groups in total. The van der Waals surface area contributed by atoms with Gasteiger partial charge in [-0.05, 0) is 54.8 Å². The second-order valence-corrected chi connectivity index (χ2v) is 10.8. The first-order valence-electron chi connectivity index (χ1n) is 13.0. The molecule has 4 aromatic rings. The minimum atomic E-state index is -0.457. The number of aromatic nitrogens is 3. The van der Waals surface area contributed by atoms with Crippen molar-refractivity contribution < 1.29 is 13.9 Å². The molecule has 0 radical (unpaired) electrons. The van der Waals surface area contributed by atoms with Crippen molar-refractivity contribution in [3.05, 3.63) is 93.6 Å². The third-order valence-electron chi connectivity index (χ3n) is 7.24. The van der Waals surface area contributed by atoms with Gasteiger partial charge in [-0.15, -0.1) is 0 Å². The molecular formula is C30H27BrFN5O2. The van der Waals surface area contributed by atoms with Crippen LogP contribution in [0.15, 0.2) is 65.1 Å². The lowest BCUT2D eigenvalue weighted by Crippen LogP contribution is -2.33. The van der Waals surface area contributed by atoms with Crippen LogP contribution in [0.3, 0.4) is 0 Å². The lowest BCUT2D eigenvalue weighted by molar-refractivity contribution is -0.0591. The standard InChI is InChI=1S/C30H27BrFN5O2/c31-23-6-7-27-28(15-23)37(17-24-10-13-38-24)29(34-27)18-36-11-8-21(9-12-36)26-2-1-3-30(35-26)39-19-22-5-4-20(16-33)14-25(22)32/h1-8,14-15,24H,9-13,17-19H2/t24-/m0/s1. The van der Waals surface area contributed by atoms with Gasteiger partial charge in [0.2, 0.25) is 5.88 Å². The van der Waals surface area contributed by atoms with Crippen LogP contribution in [0.4, 0.5) is 4.39 Å². The van der Waals surface area contributed by atoms with Crippen molar-refractivity contribution in [2.45, 2.75) is 38.6 Å². The quantitative estimate of drug-likeness (QED) is 0.257. The summed E-state index contributed by atoms with van der Waals surface area (Å²) in [5.41, 5.74) is 4.84. The summed E-state index contributed by atoms with van der Waals surface area (Å²) in [5.74, 6) is 1.04. The Balaban J connectivity index is 1.13. The molecule has 0 bridgehead atoms. The minimum absolute atomic E-state index is 0.0459. The summed E-state index contributed by atoms with van der Waals surface area (Å²) in [6.45, 7) is 4.15. The number of nitrogens with zero attached hydrogens (tertiary/aromatic N) is 5. The fourth-order valence-corrected chi connectivity index (χ4v) is 5.30. The molecule has 2 aliphatic rings. The Morgan fingerprint density at radius 2 is 2.05 bits per heavy atom. The smallest absolute Gasteiger partial charge is 0.214 e. The molecule has 7 nitrogen and oxygen atoms in total. The maximum Gasteiger partial charge on any atom is 0.214 e. The van der Waals surface area contributed by atoms with E-state index in [1.54, 1.807) is 18.2 Å². The zero-order chi connectivity index (χ0) is 26.8. The summed E-state index contributed by atoms with van der Waals surface area (Å²) >= 11 is 3.60. The molecule has 1 atom stereocenters. The first kappa shape index (κ1) is 25.7. The summed E-state index contributed by atoms with van der Waals surface area (Å²) in [6.07, 6.45) is 4.41. The highest BCUT2D eigenvalue weighted by molar-refractivity contribution is 9.10. The van der Waals surface area contributed by atoms with Crippen molar-refractivity contribution in [2.75, 3.05) is 19.7 Å². The molecule has 0 saturated carbocycles. The molecule has 2 aromatic carbocycles. The van der Waals surface area contributed by atoms with Crippen LogP contribution in [0.25, 0.3) is 16.6 Å². The Kier molecular flexibility index (Phi) is 7.42. The van der Waals surface area contributed by atoms with Crippen molar-refractivity contribution in [1.29, 1.82) is 5.26 Å². The van der Waals surface area contributed by atoms with Crippen LogP contribution in [0.5, 0.6) is 5.88 Å². The average molecular weight is 588 g/mol. The number of benzene rings is 2. The predicted molar refractivity (Wildman–Crippen MR) is 149 cm³/mol. The summed E-state index contributed by atoms with van der Waals surface area (Å²) in [7, 11) is 0. The molecule has 0 amide bonds. The second-order valence-electron chi connectivity index (χ2n) is 9.84. The van der Waals surface area contributed by atoms with Crippen LogP contribution in [-0.4, -0.2) is 45.2 Å². The van der Waals surface area contributed by atoms with Gasteiger partial charge in [0.15, 0.2) is 0 Å². The lowest BCUT2D eigenvalue weighted by atomic mass is 10.0. The molecule has 9 heteroatoms. The van der Waals surface area contributed by atoms with Gasteiger partial charge in [0.25, 0.3) is 0 Å². The summed E-state index contributed by atoms with van der Waals surface area (Å²) in [5, 5.41) is 8.92. The van der Waals surface area contributed by atoms with Crippen molar-refractivity contribution in [3.8, 4) is 11.9 Å². The molecule has 4 heterocycles. The summed E-state index contributed by atoms with van der Waals surface area (Å²) in [6, 6.07) is 18.2. The molecule has 198 valence electrons. The Morgan fingerprint density at radius 1 is 1.15 bits per heavy atom. The number of imidazole rings is 1. The van der Waals surface area contributed by atoms with E-state index in [1.165, 1.54) is 11.6 Å². The Labute approximate surface area is 234 Å². The molecule has 2 aromatic heterocycles. The maximum atomic E-state index is 14.2. The van der Waals surface area contributed by atoms with Gasteiger partial charge in [0.1, 0.15) is 18.2 Å².